The minimum Gasteiger partial charge on any atom is -0.537 e. The highest BCUT2D eigenvalue weighted by Gasteiger charge is 2.16. The summed E-state index contributed by atoms with van der Waals surface area (Å²) in [5, 5.41) is 5.73. The Morgan fingerprint density at radius 2 is 2.27 bits per heavy atom. The summed E-state index contributed by atoms with van der Waals surface area (Å²) in [6, 6.07) is 3.58. The lowest BCUT2D eigenvalue weighted by Gasteiger charge is -2.16. The van der Waals surface area contributed by atoms with Crippen molar-refractivity contribution in [3.8, 4) is 10.1 Å². The average molecular weight is 189 g/mol. The van der Waals surface area contributed by atoms with Crippen LogP contribution in [-0.2, 0) is 0 Å². The van der Waals surface area contributed by atoms with Gasteiger partial charge >= 0.3 is 0 Å². The lowest BCUT2D eigenvalue weighted by atomic mass is 10.6. The number of hydrogen-bond acceptors (Lipinski definition) is 3. The van der Waals surface area contributed by atoms with Crippen LogP contribution in [0.1, 0.15) is 0 Å². The van der Waals surface area contributed by atoms with Crippen LogP contribution in [-0.4, -0.2) is 14.9 Å². The van der Waals surface area contributed by atoms with E-state index in [4.69, 9.17) is 5.86 Å². The zero-order valence-electron chi connectivity index (χ0n) is 7.88. The predicted octanol–water partition coefficient (Wildman–Crippen LogP) is 2.67. The van der Waals surface area contributed by atoms with Gasteiger partial charge in [-0.25, -0.2) is 0 Å². The first kappa shape index (κ1) is 7.18. The van der Waals surface area contributed by atoms with Crippen molar-refractivity contribution in [3.05, 3.63) is 12.1 Å². The highest BCUT2D eigenvalue weighted by Crippen LogP contribution is 2.31. The predicted molar refractivity (Wildman–Crippen MR) is 50.0 cm³/mol. The topological polar surface area (TPSA) is 29.5 Å². The normalized spacial score (nSPS) is 12.5. The maximum absolute atomic E-state index is 6.65. The molecule has 1 aromatic heterocycles. The molecule has 0 saturated carbocycles. The molecule has 2 nitrogen and oxygen atoms in total. The minimum atomic E-state index is -1.50. The average Bonchev–Trinajstić information content (AvgIpc) is 2.32. The molecule has 62 valence electrons. The Balaban J connectivity index is 2.64. The van der Waals surface area contributed by atoms with E-state index in [1.807, 2.05) is 6.07 Å². The highest BCUT2D eigenvalue weighted by atomic mass is 32.1. The van der Waals surface area contributed by atoms with Gasteiger partial charge in [-0.05, 0) is 31.8 Å². The second-order valence-corrected chi connectivity index (χ2v) is 8.73. The quantitative estimate of drug-likeness (QED) is 0.741. The lowest BCUT2D eigenvalue weighted by molar-refractivity contribution is 0.491. The third-order valence-corrected chi connectivity index (χ3v) is 2.70. The van der Waals surface area contributed by atoms with E-state index in [1.54, 1.807) is 6.07 Å². The fraction of sp³-hybridized carbons (Fsp3) is 0.429. The first-order valence-electron chi connectivity index (χ1n) is 3.84. The molecule has 0 bridgehead atoms. The molecular formula is C7H12O2SSi. The maximum atomic E-state index is 6.65. The van der Waals surface area contributed by atoms with Crippen LogP contribution in [0.25, 0.3) is 0 Å². The Hall–Kier alpha value is -0.483. The lowest BCUT2D eigenvalue weighted by Crippen LogP contribution is -2.28. The zero-order chi connectivity index (χ0) is 9.19. The third-order valence-electron chi connectivity index (χ3n) is 0.963. The second kappa shape index (κ2) is 2.87. The summed E-state index contributed by atoms with van der Waals surface area (Å²) in [7, 11) is -1.50. The maximum Gasteiger partial charge on any atom is 0.294 e. The van der Waals surface area contributed by atoms with E-state index in [0.29, 0.717) is 5.06 Å². The monoisotopic (exact) mass is 189 g/mol. The van der Waals surface area contributed by atoms with Gasteiger partial charge in [0.15, 0.2) is 10.1 Å². The van der Waals surface area contributed by atoms with Crippen molar-refractivity contribution >= 4 is 19.7 Å². The number of hydrogen-bond donors (Lipinski definition) is 1. The molecule has 11 heavy (non-hydrogen) atoms. The molecule has 0 amide bonds. The molecule has 0 aromatic carbocycles. The van der Waals surface area contributed by atoms with Crippen molar-refractivity contribution in [2.75, 3.05) is 0 Å². The van der Waals surface area contributed by atoms with E-state index in [0.717, 1.165) is 5.06 Å². The molecule has 0 aliphatic rings. The molecule has 0 aliphatic carbocycles. The van der Waals surface area contributed by atoms with Gasteiger partial charge in [0.05, 0.1) is 0 Å². The van der Waals surface area contributed by atoms with Crippen molar-refractivity contribution < 1.29 is 9.53 Å². The van der Waals surface area contributed by atoms with Crippen molar-refractivity contribution in [2.45, 2.75) is 19.6 Å². The van der Waals surface area contributed by atoms with Crippen LogP contribution in [0.5, 0.6) is 10.1 Å². The smallest absolute Gasteiger partial charge is 0.294 e. The van der Waals surface area contributed by atoms with Gasteiger partial charge in [0.1, 0.15) is 0 Å². The van der Waals surface area contributed by atoms with Crippen LogP contribution >= 0.6 is 11.3 Å². The van der Waals surface area contributed by atoms with E-state index >= 15 is 0 Å². The summed E-state index contributed by atoms with van der Waals surface area (Å²) in [5.74, 6) is 0. The number of aromatic hydroxyl groups is 1. The van der Waals surface area contributed by atoms with Gasteiger partial charge in [-0.15, -0.1) is 0 Å². The van der Waals surface area contributed by atoms with Crippen LogP contribution < -0.4 is 4.43 Å². The Morgan fingerprint density at radius 3 is 2.73 bits per heavy atom. The summed E-state index contributed by atoms with van der Waals surface area (Å²) in [6.45, 7) is 6.36. The molecule has 1 rings (SSSR count). The minimum absolute atomic E-state index is 0.572. The first-order valence-corrected chi connectivity index (χ1v) is 7.66. The first-order chi connectivity index (χ1) is 5.51. The van der Waals surface area contributed by atoms with Gasteiger partial charge in [0, 0.05) is 0 Å². The summed E-state index contributed by atoms with van der Waals surface area (Å²) in [5.41, 5.74) is 0. The molecule has 0 radical (unpaired) electrons. The molecule has 0 spiro atoms. The van der Waals surface area contributed by atoms with Crippen molar-refractivity contribution in [2.24, 2.45) is 0 Å². The Kier molecular flexibility index (Phi) is 1.87. The van der Waals surface area contributed by atoms with Gasteiger partial charge in [0.2, 0.25) is 8.32 Å². The number of thiophene rings is 1. The van der Waals surface area contributed by atoms with E-state index in [2.05, 4.69) is 24.7 Å². The molecule has 0 atom stereocenters. The van der Waals surface area contributed by atoms with Crippen LogP contribution in [0, 0.1) is 0 Å². The van der Waals surface area contributed by atoms with E-state index in [-0.39, 0.29) is 0 Å². The van der Waals surface area contributed by atoms with E-state index in [1.165, 1.54) is 11.3 Å². The molecule has 1 aromatic rings. The highest BCUT2D eigenvalue weighted by molar-refractivity contribution is 7.15. The fourth-order valence-electron chi connectivity index (χ4n) is 0.660. The SMILES string of the molecule is [2H]Oc1ccc(O[Si](C)(C)C)s1. The summed E-state index contributed by atoms with van der Waals surface area (Å²) >= 11 is 1.36. The van der Waals surface area contributed by atoms with Gasteiger partial charge < -0.3 is 9.53 Å². The van der Waals surface area contributed by atoms with Crippen molar-refractivity contribution in [1.82, 2.24) is 0 Å². The molecule has 1 N–H and O–H groups in total. The Morgan fingerprint density at radius 1 is 1.55 bits per heavy atom. The van der Waals surface area contributed by atoms with Gasteiger partial charge in [-0.2, -0.15) is 0 Å². The molecule has 4 heteroatoms. The van der Waals surface area contributed by atoms with Crippen LogP contribution in [0.3, 0.4) is 0 Å². The van der Waals surface area contributed by atoms with Gasteiger partial charge in [-0.3, -0.25) is 0 Å². The van der Waals surface area contributed by atoms with Gasteiger partial charge in [-0.1, -0.05) is 11.3 Å². The molecule has 0 aliphatic heterocycles. The van der Waals surface area contributed by atoms with Crippen LogP contribution in [0.15, 0.2) is 12.1 Å². The Bertz CT molecular complexity index is 256. The fourth-order valence-corrected chi connectivity index (χ4v) is 2.72. The van der Waals surface area contributed by atoms with Crippen molar-refractivity contribution in [3.63, 3.8) is 0 Å². The van der Waals surface area contributed by atoms with Gasteiger partial charge in [0.25, 0.3) is 1.43 Å². The molecule has 0 fully saturated rings. The molecule has 0 saturated heterocycles. The van der Waals surface area contributed by atoms with Crippen LogP contribution in [0.4, 0.5) is 0 Å². The summed E-state index contributed by atoms with van der Waals surface area (Å²) in [6.07, 6.45) is 0. The third kappa shape index (κ3) is 2.94. The largest absolute Gasteiger partial charge is 0.537 e. The zero-order valence-corrected chi connectivity index (χ0v) is 8.70. The molecule has 0 unspecified atom stereocenters. The molecule has 1 heterocycles. The van der Waals surface area contributed by atoms with E-state index < -0.39 is 8.32 Å². The Labute approximate surface area is 73.1 Å². The van der Waals surface area contributed by atoms with Crippen LogP contribution in [0.2, 0.25) is 19.6 Å². The second-order valence-electron chi connectivity index (χ2n) is 3.29. The number of rotatable bonds is 3. The summed E-state index contributed by atoms with van der Waals surface area (Å²) < 4.78 is 12.3. The van der Waals surface area contributed by atoms with E-state index in [9.17, 15) is 0 Å². The standard InChI is InChI=1S/C7H12O2SSi/c1-11(2,3)9-7-5-4-6(8)10-7/h4-5,8H,1-3H3/i/hD. The summed E-state index contributed by atoms with van der Waals surface area (Å²) in [4.78, 5) is 0. The molecular weight excluding hydrogens is 176 g/mol. The van der Waals surface area contributed by atoms with Crippen molar-refractivity contribution in [1.29, 1.82) is 1.43 Å².